The quantitative estimate of drug-likeness (QED) is 0.622. The highest BCUT2D eigenvalue weighted by Crippen LogP contribution is 2.08. The van der Waals surface area contributed by atoms with Crippen molar-refractivity contribution >= 4 is 21.0 Å². The fourth-order valence-electron chi connectivity index (χ4n) is 1.23. The van der Waals surface area contributed by atoms with E-state index in [1.54, 1.807) is 0 Å². The molecule has 0 amide bonds. The monoisotopic (exact) mass is 270 g/mol. The SMILES string of the molecule is CC(CI=N)N1CCOCC1. The first-order chi connectivity index (χ1) is 5.34. The summed E-state index contributed by atoms with van der Waals surface area (Å²) < 4.78 is 13.5. The summed E-state index contributed by atoms with van der Waals surface area (Å²) in [6.07, 6.45) is 0. The van der Waals surface area contributed by atoms with Crippen LogP contribution in [0.3, 0.4) is 0 Å². The van der Waals surface area contributed by atoms with E-state index in [4.69, 9.17) is 8.30 Å². The minimum absolute atomic E-state index is 0.292. The Morgan fingerprint density at radius 2 is 2.18 bits per heavy atom. The summed E-state index contributed by atoms with van der Waals surface area (Å²) in [7, 11) is 0. The topological polar surface area (TPSA) is 36.3 Å². The molecule has 1 aliphatic heterocycles. The molecule has 1 aliphatic rings. The third-order valence-electron chi connectivity index (χ3n) is 1.97. The highest BCUT2D eigenvalue weighted by Gasteiger charge is 2.15. The van der Waals surface area contributed by atoms with Crippen LogP contribution in [0.25, 0.3) is 0 Å². The maximum atomic E-state index is 7.20. The first-order valence-electron chi connectivity index (χ1n) is 3.91. The van der Waals surface area contributed by atoms with Gasteiger partial charge in [0.25, 0.3) is 0 Å². The van der Waals surface area contributed by atoms with E-state index in [1.165, 1.54) is 0 Å². The van der Waals surface area contributed by atoms with Gasteiger partial charge in [0.2, 0.25) is 0 Å². The van der Waals surface area contributed by atoms with Crippen molar-refractivity contribution in [3.05, 3.63) is 0 Å². The lowest BCUT2D eigenvalue weighted by Crippen LogP contribution is -2.42. The average molecular weight is 270 g/mol. The van der Waals surface area contributed by atoms with Gasteiger partial charge in [-0.3, -0.25) is 8.46 Å². The Labute approximate surface area is 78.0 Å². The highest BCUT2D eigenvalue weighted by molar-refractivity contribution is 14.1. The molecule has 3 nitrogen and oxygen atoms in total. The van der Waals surface area contributed by atoms with Crippen LogP contribution in [0.4, 0.5) is 0 Å². The molecule has 1 saturated heterocycles. The summed E-state index contributed by atoms with van der Waals surface area (Å²) in [6, 6.07) is 0.615. The number of nitrogens with one attached hydrogen (secondary N) is 1. The van der Waals surface area contributed by atoms with Crippen molar-refractivity contribution in [2.24, 2.45) is 0 Å². The molecule has 1 unspecified atom stereocenters. The Kier molecular flexibility index (Phi) is 4.47. The van der Waals surface area contributed by atoms with E-state index in [0.717, 1.165) is 30.7 Å². The predicted molar refractivity (Wildman–Crippen MR) is 53.5 cm³/mol. The first-order valence-corrected chi connectivity index (χ1v) is 6.51. The van der Waals surface area contributed by atoms with Gasteiger partial charge in [0.05, 0.1) is 13.2 Å². The first kappa shape index (κ1) is 9.54. The zero-order valence-electron chi connectivity index (χ0n) is 6.85. The normalized spacial score (nSPS) is 23.4. The smallest absolute Gasteiger partial charge is 0.0594 e. The minimum Gasteiger partial charge on any atom is -0.379 e. The molecule has 4 heteroatoms. The molecule has 1 heterocycles. The summed E-state index contributed by atoms with van der Waals surface area (Å²) in [5, 5.41) is 0. The van der Waals surface area contributed by atoms with E-state index in [9.17, 15) is 0 Å². The van der Waals surface area contributed by atoms with Gasteiger partial charge >= 0.3 is 0 Å². The highest BCUT2D eigenvalue weighted by atomic mass is 127. The molecule has 11 heavy (non-hydrogen) atoms. The number of halogens is 1. The molecule has 66 valence electrons. The fourth-order valence-corrected chi connectivity index (χ4v) is 2.42. The minimum atomic E-state index is -0.292. The molecule has 0 aromatic heterocycles. The van der Waals surface area contributed by atoms with Crippen molar-refractivity contribution in [1.82, 2.24) is 4.90 Å². The van der Waals surface area contributed by atoms with E-state index in [1.807, 2.05) is 0 Å². The van der Waals surface area contributed by atoms with Crippen LogP contribution in [0.5, 0.6) is 0 Å². The van der Waals surface area contributed by atoms with E-state index < -0.39 is 0 Å². The molecule has 1 rings (SSSR count). The van der Waals surface area contributed by atoms with Crippen LogP contribution in [-0.4, -0.2) is 41.7 Å². The van der Waals surface area contributed by atoms with Gasteiger partial charge < -0.3 is 4.74 Å². The lowest BCUT2D eigenvalue weighted by molar-refractivity contribution is 0.0251. The van der Waals surface area contributed by atoms with Crippen LogP contribution < -0.4 is 0 Å². The average Bonchev–Trinajstić information content (AvgIpc) is 2.07. The summed E-state index contributed by atoms with van der Waals surface area (Å²) in [4.78, 5) is 2.43. The molecule has 0 radical (unpaired) electrons. The van der Waals surface area contributed by atoms with Crippen LogP contribution in [-0.2, 0) is 4.74 Å². The number of ether oxygens (including phenoxy) is 1. The van der Waals surface area contributed by atoms with Gasteiger partial charge in [0.15, 0.2) is 0 Å². The van der Waals surface area contributed by atoms with E-state index in [2.05, 4.69) is 11.8 Å². The van der Waals surface area contributed by atoms with Crippen LogP contribution in [0.2, 0.25) is 0 Å². The van der Waals surface area contributed by atoms with Gasteiger partial charge in [-0.25, -0.2) is 0 Å². The zero-order valence-corrected chi connectivity index (χ0v) is 9.00. The molecule has 0 saturated carbocycles. The summed E-state index contributed by atoms with van der Waals surface area (Å²) in [5.74, 6) is 0. The number of rotatable bonds is 3. The molecule has 0 aliphatic carbocycles. The van der Waals surface area contributed by atoms with Crippen LogP contribution in [0.15, 0.2) is 0 Å². The van der Waals surface area contributed by atoms with Crippen molar-refractivity contribution in [2.45, 2.75) is 13.0 Å². The van der Waals surface area contributed by atoms with Gasteiger partial charge in [0.1, 0.15) is 0 Å². The number of alkyl halides is 1. The third-order valence-corrected chi connectivity index (χ3v) is 3.68. The molecule has 0 spiro atoms. The van der Waals surface area contributed by atoms with Gasteiger partial charge in [-0.1, -0.05) is 0 Å². The molecule has 0 bridgehead atoms. The molecular weight excluding hydrogens is 255 g/mol. The Bertz CT molecular complexity index is 126. The molecule has 0 aromatic carbocycles. The Morgan fingerprint density at radius 1 is 1.55 bits per heavy atom. The van der Waals surface area contributed by atoms with E-state index >= 15 is 0 Å². The summed E-state index contributed by atoms with van der Waals surface area (Å²) >= 11 is -0.292. The van der Waals surface area contributed by atoms with Gasteiger partial charge in [0, 0.05) is 23.6 Å². The zero-order chi connectivity index (χ0) is 8.10. The van der Waals surface area contributed by atoms with Crippen molar-refractivity contribution in [3.8, 4) is 0 Å². The van der Waals surface area contributed by atoms with Crippen LogP contribution >= 0.6 is 21.0 Å². The van der Waals surface area contributed by atoms with Crippen molar-refractivity contribution in [3.63, 3.8) is 0 Å². The van der Waals surface area contributed by atoms with E-state index in [-0.39, 0.29) is 21.0 Å². The van der Waals surface area contributed by atoms with Crippen molar-refractivity contribution < 1.29 is 4.74 Å². The van der Waals surface area contributed by atoms with Crippen molar-refractivity contribution in [1.29, 1.82) is 3.56 Å². The largest absolute Gasteiger partial charge is 0.379 e. The predicted octanol–water partition coefficient (Wildman–Crippen LogP) is 1.44. The number of morpholine rings is 1. The number of nitrogens with zero attached hydrogens (tertiary/aromatic N) is 1. The Hall–Kier alpha value is 0.450. The van der Waals surface area contributed by atoms with E-state index in [0.29, 0.717) is 6.04 Å². The second-order valence-electron chi connectivity index (χ2n) is 2.79. The molecule has 1 atom stereocenters. The second-order valence-corrected chi connectivity index (χ2v) is 4.43. The van der Waals surface area contributed by atoms with Crippen LogP contribution in [0, 0.1) is 3.56 Å². The molecule has 1 N–H and O–H groups in total. The van der Waals surface area contributed by atoms with Gasteiger partial charge in [-0.05, 0) is 28.0 Å². The van der Waals surface area contributed by atoms with Crippen LogP contribution in [0.1, 0.15) is 6.92 Å². The number of hydrogen-bond acceptors (Lipinski definition) is 3. The summed E-state index contributed by atoms with van der Waals surface area (Å²) in [5.41, 5.74) is 0. The van der Waals surface area contributed by atoms with Gasteiger partial charge in [-0.2, -0.15) is 0 Å². The molecule has 0 aromatic rings. The lowest BCUT2D eigenvalue weighted by Gasteiger charge is -2.31. The standard InChI is InChI=1S/C7H15IN2O/c1-7(6-8-9)10-2-4-11-5-3-10/h7,9H,2-6H2,1H3. The third kappa shape index (κ3) is 3.13. The lowest BCUT2D eigenvalue weighted by atomic mass is 10.3. The van der Waals surface area contributed by atoms with Gasteiger partial charge in [-0.15, -0.1) is 0 Å². The maximum Gasteiger partial charge on any atom is 0.0594 e. The Balaban J connectivity index is 2.26. The Morgan fingerprint density at radius 3 is 2.73 bits per heavy atom. The molecular formula is C7H15IN2O. The second kappa shape index (κ2) is 5.16. The molecule has 1 fully saturated rings. The number of hydrogen-bond donors (Lipinski definition) is 1. The maximum absolute atomic E-state index is 7.20. The summed E-state index contributed by atoms with van der Waals surface area (Å²) in [6.45, 7) is 6.09. The van der Waals surface area contributed by atoms with Crippen molar-refractivity contribution in [2.75, 3.05) is 30.7 Å². The fraction of sp³-hybridized carbons (Fsp3) is 1.00.